The largest absolute Gasteiger partial charge is 0.489 e. The van der Waals surface area contributed by atoms with Gasteiger partial charge in [-0.25, -0.2) is 0 Å². The van der Waals surface area contributed by atoms with Crippen LogP contribution in [0.1, 0.15) is 16.7 Å². The maximum absolute atomic E-state index is 5.89. The van der Waals surface area contributed by atoms with Crippen molar-refractivity contribution in [2.24, 2.45) is 0 Å². The van der Waals surface area contributed by atoms with Crippen molar-refractivity contribution >= 4 is 0 Å². The lowest BCUT2D eigenvalue weighted by Gasteiger charge is -2.26. The molecule has 0 radical (unpaired) electrons. The van der Waals surface area contributed by atoms with E-state index >= 15 is 0 Å². The Morgan fingerprint density at radius 3 is 2.56 bits per heavy atom. The molecule has 1 fully saturated rings. The van der Waals surface area contributed by atoms with E-state index in [2.05, 4.69) is 65.7 Å². The molecule has 25 heavy (non-hydrogen) atoms. The molecule has 2 aromatic carbocycles. The standard InChI is InChI=1S/C21H28N2O2/c1-18-4-2-3-5-20(18)17-25-21-8-6-19(7-9-21)16-22-10-11-23-12-14-24-15-13-23/h2-9,22H,10-17H2,1H3. The van der Waals surface area contributed by atoms with Crippen LogP contribution in [0, 0.1) is 6.92 Å². The fraction of sp³-hybridized carbons (Fsp3) is 0.429. The second-order valence-electron chi connectivity index (χ2n) is 6.49. The molecule has 0 unspecified atom stereocenters. The first-order chi connectivity index (χ1) is 12.3. The highest BCUT2D eigenvalue weighted by molar-refractivity contribution is 5.29. The Morgan fingerprint density at radius 2 is 1.80 bits per heavy atom. The van der Waals surface area contributed by atoms with E-state index in [1.54, 1.807) is 0 Å². The molecule has 0 saturated carbocycles. The lowest BCUT2D eigenvalue weighted by Crippen LogP contribution is -2.40. The maximum atomic E-state index is 5.89. The first kappa shape index (κ1) is 17.9. The van der Waals surface area contributed by atoms with Crippen molar-refractivity contribution in [3.8, 4) is 5.75 Å². The molecule has 0 aromatic heterocycles. The Balaban J connectivity index is 1.37. The lowest BCUT2D eigenvalue weighted by molar-refractivity contribution is 0.0384. The van der Waals surface area contributed by atoms with Crippen LogP contribution in [-0.2, 0) is 17.9 Å². The van der Waals surface area contributed by atoms with Crippen molar-refractivity contribution < 1.29 is 9.47 Å². The fourth-order valence-electron chi connectivity index (χ4n) is 2.93. The Kier molecular flexibility index (Phi) is 6.86. The third-order valence-electron chi connectivity index (χ3n) is 4.62. The summed E-state index contributed by atoms with van der Waals surface area (Å²) in [5.74, 6) is 0.917. The molecule has 1 saturated heterocycles. The van der Waals surface area contributed by atoms with Gasteiger partial charge in [0.25, 0.3) is 0 Å². The third kappa shape index (κ3) is 5.85. The maximum Gasteiger partial charge on any atom is 0.119 e. The minimum atomic E-state index is 0.615. The predicted octanol–water partition coefficient (Wildman–Crippen LogP) is 3.00. The van der Waals surface area contributed by atoms with Crippen molar-refractivity contribution in [1.29, 1.82) is 0 Å². The molecular formula is C21H28N2O2. The normalized spacial score (nSPS) is 15.2. The van der Waals surface area contributed by atoms with E-state index < -0.39 is 0 Å². The Bertz CT molecular complexity index is 637. The molecule has 0 amide bonds. The van der Waals surface area contributed by atoms with Gasteiger partial charge >= 0.3 is 0 Å². The zero-order valence-corrected chi connectivity index (χ0v) is 15.0. The molecule has 0 aliphatic carbocycles. The Morgan fingerprint density at radius 1 is 1.04 bits per heavy atom. The number of ether oxygens (including phenoxy) is 2. The minimum absolute atomic E-state index is 0.615. The second-order valence-corrected chi connectivity index (χ2v) is 6.49. The smallest absolute Gasteiger partial charge is 0.119 e. The molecule has 3 rings (SSSR count). The predicted molar refractivity (Wildman–Crippen MR) is 101 cm³/mol. The summed E-state index contributed by atoms with van der Waals surface area (Å²) >= 11 is 0. The van der Waals surface area contributed by atoms with Crippen LogP contribution in [0.4, 0.5) is 0 Å². The van der Waals surface area contributed by atoms with Crippen LogP contribution in [0.3, 0.4) is 0 Å². The lowest BCUT2D eigenvalue weighted by atomic mass is 10.1. The monoisotopic (exact) mass is 340 g/mol. The molecule has 1 aliphatic rings. The summed E-state index contributed by atoms with van der Waals surface area (Å²) in [4.78, 5) is 2.44. The molecule has 1 aliphatic heterocycles. The van der Waals surface area contributed by atoms with Gasteiger partial charge in [0.05, 0.1) is 13.2 Å². The molecule has 0 bridgehead atoms. The van der Waals surface area contributed by atoms with E-state index in [4.69, 9.17) is 9.47 Å². The zero-order chi connectivity index (χ0) is 17.3. The second kappa shape index (κ2) is 9.56. The first-order valence-electron chi connectivity index (χ1n) is 9.08. The van der Waals surface area contributed by atoms with Gasteiger partial charge in [-0.05, 0) is 35.7 Å². The molecule has 4 nitrogen and oxygen atoms in total. The number of hydrogen-bond acceptors (Lipinski definition) is 4. The summed E-state index contributed by atoms with van der Waals surface area (Å²) in [5.41, 5.74) is 3.78. The van der Waals surface area contributed by atoms with E-state index in [9.17, 15) is 0 Å². The highest BCUT2D eigenvalue weighted by atomic mass is 16.5. The summed E-state index contributed by atoms with van der Waals surface area (Å²) in [6, 6.07) is 16.7. The van der Waals surface area contributed by atoms with E-state index in [-0.39, 0.29) is 0 Å². The van der Waals surface area contributed by atoms with Gasteiger partial charge in [0.2, 0.25) is 0 Å². The van der Waals surface area contributed by atoms with Crippen LogP contribution in [0.5, 0.6) is 5.75 Å². The van der Waals surface area contributed by atoms with Crippen LogP contribution in [0.2, 0.25) is 0 Å². The van der Waals surface area contributed by atoms with Gasteiger partial charge in [0.1, 0.15) is 12.4 Å². The van der Waals surface area contributed by atoms with E-state index in [0.29, 0.717) is 6.61 Å². The summed E-state index contributed by atoms with van der Waals surface area (Å²) < 4.78 is 11.3. The Labute approximate surface area is 150 Å². The van der Waals surface area contributed by atoms with Gasteiger partial charge in [-0.15, -0.1) is 0 Å². The van der Waals surface area contributed by atoms with Crippen molar-refractivity contribution in [1.82, 2.24) is 10.2 Å². The van der Waals surface area contributed by atoms with Gasteiger partial charge in [0.15, 0.2) is 0 Å². The van der Waals surface area contributed by atoms with Gasteiger partial charge < -0.3 is 14.8 Å². The van der Waals surface area contributed by atoms with Crippen molar-refractivity contribution in [2.75, 3.05) is 39.4 Å². The van der Waals surface area contributed by atoms with Gasteiger partial charge in [-0.1, -0.05) is 36.4 Å². The molecule has 0 atom stereocenters. The average molecular weight is 340 g/mol. The highest BCUT2D eigenvalue weighted by Gasteiger charge is 2.08. The number of nitrogens with one attached hydrogen (secondary N) is 1. The zero-order valence-electron chi connectivity index (χ0n) is 15.0. The SMILES string of the molecule is Cc1ccccc1COc1ccc(CNCCN2CCOCC2)cc1. The summed E-state index contributed by atoms with van der Waals surface area (Å²) in [6.07, 6.45) is 0. The molecule has 4 heteroatoms. The average Bonchev–Trinajstić information content (AvgIpc) is 2.66. The van der Waals surface area contributed by atoms with Crippen LogP contribution >= 0.6 is 0 Å². The van der Waals surface area contributed by atoms with E-state index in [0.717, 1.165) is 51.7 Å². The molecular weight excluding hydrogens is 312 g/mol. The molecule has 2 aromatic rings. The summed E-state index contributed by atoms with van der Waals surface area (Å²) in [5, 5.41) is 3.51. The quantitative estimate of drug-likeness (QED) is 0.749. The topological polar surface area (TPSA) is 33.7 Å². The number of morpholine rings is 1. The van der Waals surface area contributed by atoms with Crippen molar-refractivity contribution in [3.63, 3.8) is 0 Å². The molecule has 1 heterocycles. The van der Waals surface area contributed by atoms with E-state index in [1.807, 2.05) is 0 Å². The van der Waals surface area contributed by atoms with E-state index in [1.165, 1.54) is 16.7 Å². The first-order valence-corrected chi connectivity index (χ1v) is 9.08. The van der Waals surface area contributed by atoms with Gasteiger partial charge in [0, 0.05) is 32.7 Å². The Hall–Kier alpha value is -1.88. The van der Waals surface area contributed by atoms with Crippen LogP contribution in [-0.4, -0.2) is 44.3 Å². The van der Waals surface area contributed by atoms with Crippen molar-refractivity contribution in [3.05, 3.63) is 65.2 Å². The minimum Gasteiger partial charge on any atom is -0.489 e. The number of benzene rings is 2. The third-order valence-corrected chi connectivity index (χ3v) is 4.62. The highest BCUT2D eigenvalue weighted by Crippen LogP contribution is 2.15. The summed E-state index contributed by atoms with van der Waals surface area (Å²) in [7, 11) is 0. The van der Waals surface area contributed by atoms with Crippen LogP contribution in [0.15, 0.2) is 48.5 Å². The number of nitrogens with zero attached hydrogens (tertiary/aromatic N) is 1. The van der Waals surface area contributed by atoms with Crippen LogP contribution < -0.4 is 10.1 Å². The van der Waals surface area contributed by atoms with Crippen molar-refractivity contribution in [2.45, 2.75) is 20.1 Å². The number of hydrogen-bond donors (Lipinski definition) is 1. The summed E-state index contributed by atoms with van der Waals surface area (Å²) in [6.45, 7) is 9.54. The van der Waals surface area contributed by atoms with Crippen LogP contribution in [0.25, 0.3) is 0 Å². The number of aryl methyl sites for hydroxylation is 1. The number of rotatable bonds is 8. The molecule has 134 valence electrons. The van der Waals surface area contributed by atoms with Gasteiger partial charge in [-0.2, -0.15) is 0 Å². The molecule has 1 N–H and O–H groups in total. The fourth-order valence-corrected chi connectivity index (χ4v) is 2.93. The van der Waals surface area contributed by atoms with Gasteiger partial charge in [-0.3, -0.25) is 4.90 Å². The molecule has 0 spiro atoms.